The highest BCUT2D eigenvalue weighted by Crippen LogP contribution is 2.35. The van der Waals surface area contributed by atoms with Crippen molar-refractivity contribution in [3.8, 4) is 0 Å². The largest absolute Gasteiger partial charge is 0.383 e. The number of methoxy groups -OCH3 is 2. The van der Waals surface area contributed by atoms with Crippen molar-refractivity contribution in [1.29, 1.82) is 0 Å². The Balaban J connectivity index is 2.45. The van der Waals surface area contributed by atoms with Crippen LogP contribution in [0.15, 0.2) is 0 Å². The van der Waals surface area contributed by atoms with Crippen molar-refractivity contribution in [2.75, 3.05) is 47.1 Å². The first-order valence-corrected chi connectivity index (χ1v) is 7.36. The molecule has 0 aliphatic carbocycles. The first-order chi connectivity index (χ1) is 9.04. The molecule has 0 bridgehead atoms. The van der Waals surface area contributed by atoms with Gasteiger partial charge in [-0.25, -0.2) is 0 Å². The SMILES string of the molecule is COCCNCC1(CCC(C)(C)OC)CCCOC1. The maximum atomic E-state index is 5.73. The summed E-state index contributed by atoms with van der Waals surface area (Å²) in [7, 11) is 3.53. The minimum Gasteiger partial charge on any atom is -0.383 e. The lowest BCUT2D eigenvalue weighted by Gasteiger charge is -2.39. The number of ether oxygens (including phenoxy) is 3. The van der Waals surface area contributed by atoms with Gasteiger partial charge in [-0.3, -0.25) is 0 Å². The Labute approximate surface area is 118 Å². The lowest BCUT2D eigenvalue weighted by molar-refractivity contribution is -0.0389. The average molecular weight is 273 g/mol. The van der Waals surface area contributed by atoms with Crippen LogP contribution in [-0.4, -0.2) is 52.7 Å². The topological polar surface area (TPSA) is 39.7 Å². The summed E-state index contributed by atoms with van der Waals surface area (Å²) in [6, 6.07) is 0. The highest BCUT2D eigenvalue weighted by Gasteiger charge is 2.34. The van der Waals surface area contributed by atoms with E-state index in [1.165, 1.54) is 12.8 Å². The maximum absolute atomic E-state index is 5.73. The average Bonchev–Trinajstić information content (AvgIpc) is 2.43. The van der Waals surface area contributed by atoms with Gasteiger partial charge >= 0.3 is 0 Å². The van der Waals surface area contributed by atoms with E-state index in [1.54, 1.807) is 14.2 Å². The summed E-state index contributed by atoms with van der Waals surface area (Å²) in [5, 5.41) is 3.51. The summed E-state index contributed by atoms with van der Waals surface area (Å²) in [6.07, 6.45) is 4.62. The van der Waals surface area contributed by atoms with Crippen LogP contribution >= 0.6 is 0 Å². The molecule has 0 amide bonds. The van der Waals surface area contributed by atoms with Gasteiger partial charge in [0.1, 0.15) is 0 Å². The normalized spacial score (nSPS) is 24.6. The van der Waals surface area contributed by atoms with E-state index in [0.29, 0.717) is 0 Å². The number of rotatable bonds is 9. The third-order valence-electron chi connectivity index (χ3n) is 4.20. The lowest BCUT2D eigenvalue weighted by atomic mass is 9.76. The van der Waals surface area contributed by atoms with E-state index < -0.39 is 0 Å². The van der Waals surface area contributed by atoms with Gasteiger partial charge in [0.15, 0.2) is 0 Å². The fourth-order valence-corrected chi connectivity index (χ4v) is 2.53. The van der Waals surface area contributed by atoms with E-state index in [1.807, 2.05) is 0 Å². The summed E-state index contributed by atoms with van der Waals surface area (Å²) in [5.74, 6) is 0. The molecule has 0 aromatic carbocycles. The fraction of sp³-hybridized carbons (Fsp3) is 1.00. The molecule has 1 aliphatic heterocycles. The predicted octanol–water partition coefficient (Wildman–Crippen LogP) is 2.22. The lowest BCUT2D eigenvalue weighted by Crippen LogP contribution is -2.43. The van der Waals surface area contributed by atoms with Crippen molar-refractivity contribution in [2.24, 2.45) is 5.41 Å². The standard InChI is InChI=1S/C15H31NO3/c1-14(2,18-4)7-8-15(6-5-10-19-13-15)12-16-9-11-17-3/h16H,5-13H2,1-4H3. The van der Waals surface area contributed by atoms with Gasteiger partial charge in [-0.15, -0.1) is 0 Å². The van der Waals surface area contributed by atoms with Crippen molar-refractivity contribution in [3.05, 3.63) is 0 Å². The van der Waals surface area contributed by atoms with Crippen LogP contribution < -0.4 is 5.32 Å². The Hall–Kier alpha value is -0.160. The van der Waals surface area contributed by atoms with Crippen LogP contribution in [0.5, 0.6) is 0 Å². The molecule has 1 unspecified atom stereocenters. The molecule has 4 heteroatoms. The van der Waals surface area contributed by atoms with Crippen LogP contribution in [-0.2, 0) is 14.2 Å². The second-order valence-corrected chi connectivity index (χ2v) is 6.29. The molecule has 0 saturated carbocycles. The molecule has 1 heterocycles. The minimum absolute atomic E-state index is 0.0447. The summed E-state index contributed by atoms with van der Waals surface area (Å²) >= 11 is 0. The molecular formula is C15H31NO3. The quantitative estimate of drug-likeness (QED) is 0.654. The second-order valence-electron chi connectivity index (χ2n) is 6.29. The molecule has 0 radical (unpaired) electrons. The first-order valence-electron chi connectivity index (χ1n) is 7.36. The van der Waals surface area contributed by atoms with E-state index in [4.69, 9.17) is 14.2 Å². The Morgan fingerprint density at radius 1 is 1.32 bits per heavy atom. The zero-order valence-electron chi connectivity index (χ0n) is 13.1. The molecule has 1 saturated heterocycles. The molecule has 1 N–H and O–H groups in total. The van der Waals surface area contributed by atoms with Gasteiger partial charge in [0.25, 0.3) is 0 Å². The van der Waals surface area contributed by atoms with Crippen LogP contribution in [0.4, 0.5) is 0 Å². The zero-order chi connectivity index (χ0) is 14.2. The monoisotopic (exact) mass is 273 g/mol. The smallest absolute Gasteiger partial charge is 0.0623 e. The van der Waals surface area contributed by atoms with E-state index in [9.17, 15) is 0 Å². The van der Waals surface area contributed by atoms with Crippen molar-refractivity contribution >= 4 is 0 Å². The second kappa shape index (κ2) is 8.20. The summed E-state index contributed by atoms with van der Waals surface area (Å²) in [5.41, 5.74) is 0.221. The summed E-state index contributed by atoms with van der Waals surface area (Å²) in [4.78, 5) is 0. The molecular weight excluding hydrogens is 242 g/mol. The fourth-order valence-electron chi connectivity index (χ4n) is 2.53. The zero-order valence-corrected chi connectivity index (χ0v) is 13.1. The van der Waals surface area contributed by atoms with Crippen molar-refractivity contribution in [3.63, 3.8) is 0 Å². The summed E-state index contributed by atoms with van der Waals surface area (Å²) in [6.45, 7) is 8.77. The van der Waals surface area contributed by atoms with Gasteiger partial charge in [0.2, 0.25) is 0 Å². The Morgan fingerprint density at radius 3 is 2.68 bits per heavy atom. The van der Waals surface area contributed by atoms with Crippen molar-refractivity contribution in [2.45, 2.75) is 45.1 Å². The van der Waals surface area contributed by atoms with Crippen LogP contribution in [0, 0.1) is 5.41 Å². The van der Waals surface area contributed by atoms with Crippen LogP contribution in [0.25, 0.3) is 0 Å². The first kappa shape index (κ1) is 16.9. The third-order valence-corrected chi connectivity index (χ3v) is 4.20. The van der Waals surface area contributed by atoms with Crippen molar-refractivity contribution in [1.82, 2.24) is 5.32 Å². The van der Waals surface area contributed by atoms with E-state index in [-0.39, 0.29) is 11.0 Å². The Kier molecular flexibility index (Phi) is 7.29. The minimum atomic E-state index is -0.0447. The summed E-state index contributed by atoms with van der Waals surface area (Å²) < 4.78 is 16.3. The van der Waals surface area contributed by atoms with E-state index in [2.05, 4.69) is 19.2 Å². The number of nitrogens with one attached hydrogen (secondary N) is 1. The highest BCUT2D eigenvalue weighted by molar-refractivity contribution is 4.86. The van der Waals surface area contributed by atoms with Crippen LogP contribution in [0.3, 0.4) is 0 Å². The Morgan fingerprint density at radius 2 is 2.11 bits per heavy atom. The van der Waals surface area contributed by atoms with Crippen molar-refractivity contribution < 1.29 is 14.2 Å². The predicted molar refractivity (Wildman–Crippen MR) is 77.6 cm³/mol. The molecule has 1 fully saturated rings. The molecule has 1 aliphatic rings. The van der Waals surface area contributed by atoms with Gasteiger partial charge in [0.05, 0.1) is 18.8 Å². The third kappa shape index (κ3) is 6.21. The molecule has 4 nitrogen and oxygen atoms in total. The van der Waals surface area contributed by atoms with Gasteiger partial charge in [-0.1, -0.05) is 0 Å². The van der Waals surface area contributed by atoms with Gasteiger partial charge in [0, 0.05) is 39.3 Å². The molecule has 1 rings (SSSR count). The number of hydrogen-bond acceptors (Lipinski definition) is 4. The van der Waals surface area contributed by atoms with Crippen LogP contribution in [0.1, 0.15) is 39.5 Å². The van der Waals surface area contributed by atoms with E-state index >= 15 is 0 Å². The molecule has 19 heavy (non-hydrogen) atoms. The maximum Gasteiger partial charge on any atom is 0.0623 e. The highest BCUT2D eigenvalue weighted by atomic mass is 16.5. The number of hydrogen-bond donors (Lipinski definition) is 1. The Bertz CT molecular complexity index is 238. The molecule has 114 valence electrons. The van der Waals surface area contributed by atoms with Gasteiger partial charge in [-0.2, -0.15) is 0 Å². The molecule has 1 atom stereocenters. The molecule has 0 spiro atoms. The van der Waals surface area contributed by atoms with Gasteiger partial charge in [-0.05, 0) is 39.5 Å². The van der Waals surface area contributed by atoms with Gasteiger partial charge < -0.3 is 19.5 Å². The molecule has 0 aromatic rings. The van der Waals surface area contributed by atoms with Crippen LogP contribution in [0.2, 0.25) is 0 Å². The van der Waals surface area contributed by atoms with E-state index in [0.717, 1.165) is 45.8 Å². The molecule has 0 aromatic heterocycles.